The lowest BCUT2D eigenvalue weighted by Crippen LogP contribution is -2.30. The zero-order valence-electron chi connectivity index (χ0n) is 16.9. The molecule has 30 heavy (non-hydrogen) atoms. The summed E-state index contributed by atoms with van der Waals surface area (Å²) in [6.45, 7) is 7.64. The summed E-state index contributed by atoms with van der Waals surface area (Å²) >= 11 is 0.829. The molecular formula is C20H21F3N2O4S. The number of hydrogen-bond acceptors (Lipinski definition) is 5. The van der Waals surface area contributed by atoms with Gasteiger partial charge in [-0.3, -0.25) is 9.59 Å². The fourth-order valence-electron chi connectivity index (χ4n) is 2.78. The third-order valence-electron chi connectivity index (χ3n) is 4.38. The molecule has 0 unspecified atom stereocenters. The number of nitrogens with zero attached hydrogens (tertiary/aromatic N) is 1. The third kappa shape index (κ3) is 4.48. The number of rotatable bonds is 7. The highest BCUT2D eigenvalue weighted by molar-refractivity contribution is 7.18. The molecule has 10 heteroatoms. The van der Waals surface area contributed by atoms with Gasteiger partial charge >= 0.3 is 5.97 Å². The quantitative estimate of drug-likeness (QED) is 0.510. The molecule has 0 aliphatic heterocycles. The topological polar surface area (TPSA) is 75.7 Å². The van der Waals surface area contributed by atoms with E-state index in [0.717, 1.165) is 17.4 Å². The predicted octanol–water partition coefficient (Wildman–Crippen LogP) is 4.38. The van der Waals surface area contributed by atoms with Crippen molar-refractivity contribution in [1.82, 2.24) is 4.90 Å². The van der Waals surface area contributed by atoms with Crippen LogP contribution < -0.4 is 5.32 Å². The molecule has 0 radical (unpaired) electrons. The first-order valence-electron chi connectivity index (χ1n) is 9.22. The van der Waals surface area contributed by atoms with Crippen LogP contribution in [0.2, 0.25) is 0 Å². The van der Waals surface area contributed by atoms with E-state index in [4.69, 9.17) is 4.74 Å². The second-order valence-electron chi connectivity index (χ2n) is 6.14. The number of nitrogens with one attached hydrogen (secondary N) is 1. The van der Waals surface area contributed by atoms with Crippen LogP contribution in [0.25, 0.3) is 0 Å². The Morgan fingerprint density at radius 3 is 2.27 bits per heavy atom. The molecule has 6 nitrogen and oxygen atoms in total. The van der Waals surface area contributed by atoms with Gasteiger partial charge in [0.1, 0.15) is 5.00 Å². The summed E-state index contributed by atoms with van der Waals surface area (Å²) in [4.78, 5) is 39.5. The summed E-state index contributed by atoms with van der Waals surface area (Å²) in [5, 5.41) is 2.28. The van der Waals surface area contributed by atoms with Gasteiger partial charge in [-0.2, -0.15) is 0 Å². The number of benzene rings is 1. The number of anilines is 1. The molecule has 0 fully saturated rings. The Labute approximate surface area is 175 Å². The molecule has 2 rings (SSSR count). The summed E-state index contributed by atoms with van der Waals surface area (Å²) < 4.78 is 45.6. The first-order chi connectivity index (χ1) is 14.2. The van der Waals surface area contributed by atoms with Crippen molar-refractivity contribution in [2.45, 2.75) is 27.7 Å². The maximum absolute atomic E-state index is 14.0. The first-order valence-corrected chi connectivity index (χ1v) is 10.0. The van der Waals surface area contributed by atoms with Gasteiger partial charge in [-0.25, -0.2) is 18.0 Å². The van der Waals surface area contributed by atoms with Gasteiger partial charge in [0.25, 0.3) is 11.8 Å². The second kappa shape index (κ2) is 9.75. The zero-order chi connectivity index (χ0) is 22.6. The van der Waals surface area contributed by atoms with Gasteiger partial charge in [-0.1, -0.05) is 0 Å². The molecule has 0 saturated heterocycles. The summed E-state index contributed by atoms with van der Waals surface area (Å²) in [5.74, 6) is -7.08. The molecule has 0 atom stereocenters. The van der Waals surface area contributed by atoms with Crippen molar-refractivity contribution in [3.05, 3.63) is 51.2 Å². The minimum absolute atomic E-state index is 0.0458. The number of thiophene rings is 1. The Hall–Kier alpha value is -2.88. The van der Waals surface area contributed by atoms with E-state index in [1.54, 1.807) is 20.8 Å². The van der Waals surface area contributed by atoms with Gasteiger partial charge in [0, 0.05) is 13.1 Å². The fraction of sp³-hybridized carbons (Fsp3) is 0.350. The Balaban J connectivity index is 2.51. The van der Waals surface area contributed by atoms with Crippen molar-refractivity contribution in [3.8, 4) is 0 Å². The van der Waals surface area contributed by atoms with Crippen LogP contribution in [0.15, 0.2) is 12.1 Å². The highest BCUT2D eigenvalue weighted by Crippen LogP contribution is 2.35. The number of esters is 1. The average molecular weight is 442 g/mol. The summed E-state index contributed by atoms with van der Waals surface area (Å²) in [5.41, 5.74) is -0.489. The SMILES string of the molecule is CCOC(=O)c1c(NC(=O)c2ccc(F)c(F)c2F)sc(C(=O)N(CC)CC)c1C. The van der Waals surface area contributed by atoms with Gasteiger partial charge < -0.3 is 15.0 Å². The smallest absolute Gasteiger partial charge is 0.341 e. The van der Waals surface area contributed by atoms with E-state index in [2.05, 4.69) is 5.32 Å². The van der Waals surface area contributed by atoms with Crippen LogP contribution >= 0.6 is 11.3 Å². The molecule has 0 aliphatic carbocycles. The number of ether oxygens (including phenoxy) is 1. The maximum Gasteiger partial charge on any atom is 0.341 e. The van der Waals surface area contributed by atoms with Crippen LogP contribution in [-0.2, 0) is 4.74 Å². The van der Waals surface area contributed by atoms with E-state index in [-0.39, 0.29) is 28.0 Å². The molecular weight excluding hydrogens is 421 g/mol. The minimum atomic E-state index is -1.78. The number of amides is 2. The van der Waals surface area contributed by atoms with Crippen molar-refractivity contribution in [2.75, 3.05) is 25.0 Å². The molecule has 0 aliphatic rings. The number of halogens is 3. The molecule has 162 valence electrons. The normalized spacial score (nSPS) is 10.6. The van der Waals surface area contributed by atoms with E-state index < -0.39 is 34.9 Å². The first kappa shape index (κ1) is 23.4. The molecule has 1 aromatic carbocycles. The zero-order valence-corrected chi connectivity index (χ0v) is 17.7. The summed E-state index contributed by atoms with van der Waals surface area (Å²) in [6, 6.07) is 1.41. The van der Waals surface area contributed by atoms with Gasteiger partial charge in [0.05, 0.1) is 22.6 Å². The standard InChI is InChI=1S/C20H21F3N2O4S/c1-5-25(6-2)19(27)16-10(4)13(20(28)29-7-3)18(30-16)24-17(26)11-8-9-12(21)15(23)14(11)22/h8-9H,5-7H2,1-4H3,(H,24,26). The summed E-state index contributed by atoms with van der Waals surface area (Å²) in [7, 11) is 0. The van der Waals surface area contributed by atoms with Crippen molar-refractivity contribution in [3.63, 3.8) is 0 Å². The molecule has 1 heterocycles. The third-order valence-corrected chi connectivity index (χ3v) is 5.57. The fourth-order valence-corrected chi connectivity index (χ4v) is 3.94. The average Bonchev–Trinajstić information content (AvgIpc) is 3.03. The lowest BCUT2D eigenvalue weighted by Gasteiger charge is -2.18. The molecule has 2 aromatic rings. The Bertz CT molecular complexity index is 987. The number of hydrogen-bond donors (Lipinski definition) is 1. The summed E-state index contributed by atoms with van der Waals surface area (Å²) in [6.07, 6.45) is 0. The molecule has 0 spiro atoms. The second-order valence-corrected chi connectivity index (χ2v) is 7.16. The van der Waals surface area contributed by atoms with Crippen LogP contribution in [0.5, 0.6) is 0 Å². The van der Waals surface area contributed by atoms with E-state index >= 15 is 0 Å². The molecule has 2 amide bonds. The van der Waals surface area contributed by atoms with E-state index in [1.807, 2.05) is 0 Å². The van der Waals surface area contributed by atoms with Crippen LogP contribution in [0.4, 0.5) is 18.2 Å². The van der Waals surface area contributed by atoms with Gasteiger partial charge in [0.15, 0.2) is 17.5 Å². The van der Waals surface area contributed by atoms with E-state index in [9.17, 15) is 27.6 Å². The Morgan fingerprint density at radius 1 is 1.07 bits per heavy atom. The van der Waals surface area contributed by atoms with Gasteiger partial charge in [0.2, 0.25) is 0 Å². The highest BCUT2D eigenvalue weighted by Gasteiger charge is 2.29. The van der Waals surface area contributed by atoms with Crippen molar-refractivity contribution in [1.29, 1.82) is 0 Å². The molecule has 0 bridgehead atoms. The van der Waals surface area contributed by atoms with Crippen molar-refractivity contribution < 1.29 is 32.3 Å². The van der Waals surface area contributed by atoms with Crippen molar-refractivity contribution >= 4 is 34.1 Å². The minimum Gasteiger partial charge on any atom is -0.462 e. The number of carbonyl (C=O) groups is 3. The monoisotopic (exact) mass is 442 g/mol. The lowest BCUT2D eigenvalue weighted by atomic mass is 10.1. The maximum atomic E-state index is 14.0. The largest absolute Gasteiger partial charge is 0.462 e. The van der Waals surface area contributed by atoms with Crippen LogP contribution in [0, 0.1) is 24.4 Å². The van der Waals surface area contributed by atoms with Gasteiger partial charge in [-0.15, -0.1) is 11.3 Å². The van der Waals surface area contributed by atoms with Crippen molar-refractivity contribution in [2.24, 2.45) is 0 Å². The Morgan fingerprint density at radius 2 is 1.70 bits per heavy atom. The van der Waals surface area contributed by atoms with Gasteiger partial charge in [-0.05, 0) is 45.4 Å². The molecule has 1 aromatic heterocycles. The lowest BCUT2D eigenvalue weighted by molar-refractivity contribution is 0.0527. The van der Waals surface area contributed by atoms with E-state index in [1.165, 1.54) is 11.8 Å². The highest BCUT2D eigenvalue weighted by atomic mass is 32.1. The van der Waals surface area contributed by atoms with Crippen LogP contribution in [0.1, 0.15) is 56.7 Å². The van der Waals surface area contributed by atoms with E-state index in [0.29, 0.717) is 24.7 Å². The molecule has 0 saturated carbocycles. The Kier molecular flexibility index (Phi) is 7.60. The van der Waals surface area contributed by atoms with Crippen LogP contribution in [0.3, 0.4) is 0 Å². The predicted molar refractivity (Wildman–Crippen MR) is 107 cm³/mol. The molecule has 1 N–H and O–H groups in total. The number of carbonyl (C=O) groups excluding carboxylic acids is 3. The van der Waals surface area contributed by atoms with Crippen LogP contribution in [-0.4, -0.2) is 42.4 Å².